The molecule has 0 aliphatic carbocycles. The molecule has 1 atom stereocenters. The van der Waals surface area contributed by atoms with Crippen LogP contribution in [0, 0.1) is 0 Å². The molecule has 5 nitrogen and oxygen atoms in total. The van der Waals surface area contributed by atoms with Gasteiger partial charge in [0.05, 0.1) is 0 Å². The fourth-order valence-corrected chi connectivity index (χ4v) is 2.12. The Hall–Kier alpha value is -1.75. The maximum atomic E-state index is 11.8. The molecule has 0 fully saturated rings. The first-order valence-corrected chi connectivity index (χ1v) is 7.02. The Bertz CT molecular complexity index is 424. The number of nitrogens with one attached hydrogen (secondary N) is 1. The molecule has 0 aliphatic rings. The minimum absolute atomic E-state index is 0.0351. The van der Waals surface area contributed by atoms with Gasteiger partial charge in [0.15, 0.2) is 0 Å². The van der Waals surface area contributed by atoms with Crippen molar-refractivity contribution in [3.8, 4) is 11.5 Å². The van der Waals surface area contributed by atoms with E-state index in [-0.39, 0.29) is 23.4 Å². The topological polar surface area (TPSA) is 72.8 Å². The van der Waals surface area contributed by atoms with Gasteiger partial charge in [-0.25, -0.2) is 0 Å². The van der Waals surface area contributed by atoms with E-state index in [1.54, 1.807) is 17.0 Å². The quantitative estimate of drug-likeness (QED) is 0.714. The van der Waals surface area contributed by atoms with E-state index in [9.17, 15) is 15.0 Å². The largest absolute Gasteiger partial charge is 0.508 e. The average molecular weight is 280 g/mol. The van der Waals surface area contributed by atoms with E-state index < -0.39 is 0 Å². The molecule has 1 unspecified atom stereocenters. The van der Waals surface area contributed by atoms with E-state index in [0.29, 0.717) is 13.0 Å². The highest BCUT2D eigenvalue weighted by Crippen LogP contribution is 2.24. The number of rotatable bonds is 7. The predicted molar refractivity (Wildman–Crippen MR) is 78.7 cm³/mol. The van der Waals surface area contributed by atoms with E-state index >= 15 is 0 Å². The van der Waals surface area contributed by atoms with Crippen LogP contribution >= 0.6 is 0 Å². The second-order valence-electron chi connectivity index (χ2n) is 4.77. The van der Waals surface area contributed by atoms with Gasteiger partial charge in [-0.1, -0.05) is 0 Å². The number of amides is 1. The highest BCUT2D eigenvalue weighted by atomic mass is 16.3. The zero-order chi connectivity index (χ0) is 15.1. The van der Waals surface area contributed by atoms with Crippen molar-refractivity contribution in [2.75, 3.05) is 19.6 Å². The molecule has 1 rings (SSSR count). The lowest BCUT2D eigenvalue weighted by Gasteiger charge is -2.20. The fraction of sp³-hybridized carbons (Fsp3) is 0.533. The first kappa shape index (κ1) is 16.3. The number of phenols is 2. The normalized spacial score (nSPS) is 12.2. The molecule has 20 heavy (non-hydrogen) atoms. The second kappa shape index (κ2) is 7.75. The Kier molecular flexibility index (Phi) is 6.31. The van der Waals surface area contributed by atoms with Crippen molar-refractivity contribution in [2.45, 2.75) is 33.2 Å². The maximum absolute atomic E-state index is 11.8. The number of aromatic hydroxyl groups is 2. The number of phenolic OH excluding ortho intramolecular Hbond substituents is 2. The Labute approximate surface area is 120 Å². The number of benzene rings is 1. The summed E-state index contributed by atoms with van der Waals surface area (Å²) in [5.74, 6) is 0.203. The lowest BCUT2D eigenvalue weighted by atomic mass is 10.1. The van der Waals surface area contributed by atoms with Gasteiger partial charge in [0.2, 0.25) is 5.91 Å². The predicted octanol–water partition coefficient (Wildman–Crippen LogP) is 2.01. The molecular formula is C15H24N2O3. The number of hydrogen-bond donors (Lipinski definition) is 3. The van der Waals surface area contributed by atoms with Crippen molar-refractivity contribution in [1.29, 1.82) is 0 Å². The first-order valence-electron chi connectivity index (χ1n) is 7.02. The number of carbonyl (C=O) groups excluding carboxylic acids is 1. The molecule has 112 valence electrons. The van der Waals surface area contributed by atoms with E-state index in [0.717, 1.165) is 18.7 Å². The molecule has 1 aromatic carbocycles. The third-order valence-electron chi connectivity index (χ3n) is 3.33. The molecule has 0 spiro atoms. The van der Waals surface area contributed by atoms with Crippen LogP contribution in [0.2, 0.25) is 0 Å². The molecule has 0 heterocycles. The van der Waals surface area contributed by atoms with Crippen LogP contribution in [0.5, 0.6) is 11.5 Å². The molecule has 3 N–H and O–H groups in total. The zero-order valence-electron chi connectivity index (χ0n) is 12.4. The maximum Gasteiger partial charge on any atom is 0.223 e. The van der Waals surface area contributed by atoms with Gasteiger partial charge in [0, 0.05) is 38.2 Å². The summed E-state index contributed by atoms with van der Waals surface area (Å²) >= 11 is 0. The van der Waals surface area contributed by atoms with Gasteiger partial charge in [-0.15, -0.1) is 0 Å². The van der Waals surface area contributed by atoms with Crippen molar-refractivity contribution in [1.82, 2.24) is 10.2 Å². The van der Waals surface area contributed by atoms with Gasteiger partial charge in [-0.05, 0) is 38.5 Å². The van der Waals surface area contributed by atoms with Crippen LogP contribution in [-0.2, 0) is 4.79 Å². The molecule has 0 aromatic heterocycles. The lowest BCUT2D eigenvalue weighted by molar-refractivity contribution is -0.130. The van der Waals surface area contributed by atoms with Crippen LogP contribution in [-0.4, -0.2) is 40.7 Å². The summed E-state index contributed by atoms with van der Waals surface area (Å²) in [4.78, 5) is 13.6. The fourth-order valence-electron chi connectivity index (χ4n) is 2.12. The Morgan fingerprint density at radius 1 is 1.20 bits per heavy atom. The summed E-state index contributed by atoms with van der Waals surface area (Å²) in [6.45, 7) is 7.87. The third-order valence-corrected chi connectivity index (χ3v) is 3.33. The lowest BCUT2D eigenvalue weighted by Crippen LogP contribution is -2.33. The van der Waals surface area contributed by atoms with Gasteiger partial charge in [-0.2, -0.15) is 0 Å². The smallest absolute Gasteiger partial charge is 0.223 e. The Balaban J connectivity index is 2.47. The summed E-state index contributed by atoms with van der Waals surface area (Å²) in [6.07, 6.45) is 0.441. The van der Waals surface area contributed by atoms with Crippen LogP contribution in [0.3, 0.4) is 0 Å². The Morgan fingerprint density at radius 2 is 1.75 bits per heavy atom. The number of hydrogen-bond acceptors (Lipinski definition) is 4. The molecule has 1 amide bonds. The minimum Gasteiger partial charge on any atom is -0.508 e. The van der Waals surface area contributed by atoms with Crippen LogP contribution < -0.4 is 5.32 Å². The molecule has 0 bridgehead atoms. The summed E-state index contributed by atoms with van der Waals surface area (Å²) in [6, 6.07) is 4.45. The first-order chi connectivity index (χ1) is 9.47. The van der Waals surface area contributed by atoms with Crippen LogP contribution in [0.4, 0.5) is 0 Å². The van der Waals surface area contributed by atoms with Gasteiger partial charge in [0.25, 0.3) is 0 Å². The minimum atomic E-state index is -0.0440. The van der Waals surface area contributed by atoms with Gasteiger partial charge >= 0.3 is 0 Å². The van der Waals surface area contributed by atoms with Crippen LogP contribution in [0.15, 0.2) is 18.2 Å². The highest BCUT2D eigenvalue weighted by Gasteiger charge is 2.11. The summed E-state index contributed by atoms with van der Waals surface area (Å²) in [5, 5.41) is 22.1. The van der Waals surface area contributed by atoms with Crippen molar-refractivity contribution in [3.63, 3.8) is 0 Å². The summed E-state index contributed by atoms with van der Waals surface area (Å²) in [5.41, 5.74) is 0.790. The van der Waals surface area contributed by atoms with Crippen molar-refractivity contribution >= 4 is 5.91 Å². The summed E-state index contributed by atoms with van der Waals surface area (Å²) < 4.78 is 0. The Morgan fingerprint density at radius 3 is 2.25 bits per heavy atom. The van der Waals surface area contributed by atoms with Gasteiger partial charge in [-0.3, -0.25) is 4.79 Å². The van der Waals surface area contributed by atoms with Crippen molar-refractivity contribution < 1.29 is 15.0 Å². The zero-order valence-corrected chi connectivity index (χ0v) is 12.4. The van der Waals surface area contributed by atoms with E-state index in [4.69, 9.17) is 0 Å². The molecule has 5 heteroatoms. The van der Waals surface area contributed by atoms with E-state index in [1.165, 1.54) is 6.07 Å². The molecule has 1 aromatic rings. The average Bonchev–Trinajstić information content (AvgIpc) is 2.38. The monoisotopic (exact) mass is 280 g/mol. The molecule has 0 saturated carbocycles. The molecule has 0 radical (unpaired) electrons. The number of carbonyl (C=O) groups is 1. The standard InChI is InChI=1S/C15H24N2O3/c1-4-17(5-2)15(20)6-7-16-11(3)12-8-13(18)10-14(19)9-12/h8-11,16,18-19H,4-7H2,1-3H3. The van der Waals surface area contributed by atoms with Crippen molar-refractivity contribution in [3.05, 3.63) is 23.8 Å². The van der Waals surface area contributed by atoms with Crippen LogP contribution in [0.25, 0.3) is 0 Å². The molecular weight excluding hydrogens is 256 g/mol. The molecule has 0 aliphatic heterocycles. The highest BCUT2D eigenvalue weighted by molar-refractivity contribution is 5.76. The SMILES string of the molecule is CCN(CC)C(=O)CCNC(C)c1cc(O)cc(O)c1. The van der Waals surface area contributed by atoms with Gasteiger partial charge < -0.3 is 20.4 Å². The van der Waals surface area contributed by atoms with Crippen molar-refractivity contribution in [2.24, 2.45) is 0 Å². The van der Waals surface area contributed by atoms with E-state index in [1.807, 2.05) is 20.8 Å². The van der Waals surface area contributed by atoms with Crippen LogP contribution in [0.1, 0.15) is 38.8 Å². The van der Waals surface area contributed by atoms with Gasteiger partial charge in [0.1, 0.15) is 11.5 Å². The summed E-state index contributed by atoms with van der Waals surface area (Å²) in [7, 11) is 0. The second-order valence-corrected chi connectivity index (χ2v) is 4.77. The third kappa shape index (κ3) is 4.74. The van der Waals surface area contributed by atoms with E-state index in [2.05, 4.69) is 5.32 Å². The molecule has 0 saturated heterocycles. The number of nitrogens with zero attached hydrogens (tertiary/aromatic N) is 1.